The summed E-state index contributed by atoms with van der Waals surface area (Å²) in [5, 5.41) is 13.0. The summed E-state index contributed by atoms with van der Waals surface area (Å²) >= 11 is 0. The molecule has 1 saturated heterocycles. The number of aromatic amines is 1. The molecule has 34 heavy (non-hydrogen) atoms. The van der Waals surface area contributed by atoms with Crippen LogP contribution in [0.2, 0.25) is 0 Å². The van der Waals surface area contributed by atoms with Gasteiger partial charge in [0.1, 0.15) is 5.75 Å². The fraction of sp³-hybridized carbons (Fsp3) is 0.640. The number of amides is 1. The summed E-state index contributed by atoms with van der Waals surface area (Å²) in [6.45, 7) is 1.03. The Kier molecular flexibility index (Phi) is 6.50. The van der Waals surface area contributed by atoms with E-state index in [1.165, 1.54) is 0 Å². The summed E-state index contributed by atoms with van der Waals surface area (Å²) in [6, 6.07) is 5.76. The number of aliphatic hydroxyl groups is 1. The highest BCUT2D eigenvalue weighted by Gasteiger charge is 2.43. The smallest absolute Gasteiger partial charge is 0.401 e. The monoisotopic (exact) mass is 479 g/mol. The fourth-order valence-electron chi connectivity index (χ4n) is 6.11. The van der Waals surface area contributed by atoms with Gasteiger partial charge in [-0.3, -0.25) is 9.69 Å². The minimum absolute atomic E-state index is 0.0162. The first-order valence-electron chi connectivity index (χ1n) is 12.2. The number of anilines is 1. The molecule has 9 heteroatoms. The molecular weight excluding hydrogens is 447 g/mol. The molecule has 2 aromatic rings. The molecule has 1 aromatic heterocycles. The average molecular weight is 480 g/mol. The molecule has 2 heterocycles. The van der Waals surface area contributed by atoms with E-state index in [2.05, 4.69) is 10.3 Å². The standard InChI is InChI=1S/C25H32F3N3O3/c26-25(27,28)14-31-11-18-5-15(6-19(18)12-31)3-4-34-20-1-2-22-21(9-20)23(10-29-22)30-24(33)17-7-16(8-17)13-32/h1-2,9-10,15-19,29,32H,3-8,11-14H2,(H,30,33)/t15-,16?,17?,18-,19+. The van der Waals surface area contributed by atoms with Crippen LogP contribution in [0.1, 0.15) is 32.1 Å². The molecule has 3 N–H and O–H groups in total. The number of carbonyl (C=O) groups is 1. The van der Waals surface area contributed by atoms with E-state index in [0.717, 1.165) is 54.4 Å². The lowest BCUT2D eigenvalue weighted by molar-refractivity contribution is -0.144. The van der Waals surface area contributed by atoms with Crippen molar-refractivity contribution in [2.75, 3.05) is 38.2 Å². The van der Waals surface area contributed by atoms with E-state index in [9.17, 15) is 18.0 Å². The van der Waals surface area contributed by atoms with Crippen LogP contribution in [0.3, 0.4) is 0 Å². The van der Waals surface area contributed by atoms with Crippen LogP contribution >= 0.6 is 0 Å². The van der Waals surface area contributed by atoms with Crippen molar-refractivity contribution < 1.29 is 27.8 Å². The van der Waals surface area contributed by atoms with E-state index in [4.69, 9.17) is 9.84 Å². The molecule has 2 aliphatic carbocycles. The molecular formula is C25H32F3N3O3. The molecule has 3 aliphatic rings. The van der Waals surface area contributed by atoms with E-state index in [0.29, 0.717) is 37.5 Å². The summed E-state index contributed by atoms with van der Waals surface area (Å²) in [5.74, 6) is 2.15. The zero-order chi connectivity index (χ0) is 23.9. The summed E-state index contributed by atoms with van der Waals surface area (Å²) in [6.07, 6.45) is 1.98. The van der Waals surface area contributed by atoms with Crippen molar-refractivity contribution in [3.63, 3.8) is 0 Å². The Hall–Kier alpha value is -2.26. The second-order valence-electron chi connectivity index (χ2n) is 10.4. The molecule has 1 aliphatic heterocycles. The Morgan fingerprint density at radius 3 is 2.56 bits per heavy atom. The van der Waals surface area contributed by atoms with Gasteiger partial charge in [-0.25, -0.2) is 0 Å². The van der Waals surface area contributed by atoms with Crippen molar-refractivity contribution in [3.8, 4) is 5.75 Å². The number of ether oxygens (including phenoxy) is 1. The first kappa shape index (κ1) is 23.5. The number of likely N-dealkylation sites (tertiary alicyclic amines) is 1. The maximum atomic E-state index is 12.6. The van der Waals surface area contributed by atoms with E-state index in [-0.39, 0.29) is 24.3 Å². The third-order valence-electron chi connectivity index (χ3n) is 7.90. The first-order chi connectivity index (χ1) is 16.3. The highest BCUT2D eigenvalue weighted by Crippen LogP contribution is 2.43. The van der Waals surface area contributed by atoms with Crippen LogP contribution < -0.4 is 10.1 Å². The van der Waals surface area contributed by atoms with Gasteiger partial charge in [0.25, 0.3) is 0 Å². The minimum atomic E-state index is -4.12. The number of benzene rings is 1. The van der Waals surface area contributed by atoms with Gasteiger partial charge in [0, 0.05) is 42.7 Å². The number of hydrogen-bond donors (Lipinski definition) is 3. The van der Waals surface area contributed by atoms with Crippen LogP contribution in [0, 0.1) is 29.6 Å². The summed E-state index contributed by atoms with van der Waals surface area (Å²) in [7, 11) is 0. The minimum Gasteiger partial charge on any atom is -0.494 e. The van der Waals surface area contributed by atoms with Crippen molar-refractivity contribution in [1.82, 2.24) is 9.88 Å². The van der Waals surface area contributed by atoms with E-state index in [1.807, 2.05) is 18.2 Å². The number of carbonyl (C=O) groups excluding carboxylic acids is 1. The van der Waals surface area contributed by atoms with Gasteiger partial charge in [-0.15, -0.1) is 0 Å². The number of hydrogen-bond acceptors (Lipinski definition) is 4. The lowest BCUT2D eigenvalue weighted by Gasteiger charge is -2.32. The van der Waals surface area contributed by atoms with Gasteiger partial charge in [0.15, 0.2) is 0 Å². The third kappa shape index (κ3) is 5.20. The van der Waals surface area contributed by atoms with Gasteiger partial charge in [-0.05, 0) is 74.0 Å². The van der Waals surface area contributed by atoms with Crippen LogP contribution in [0.25, 0.3) is 10.9 Å². The highest BCUT2D eigenvalue weighted by atomic mass is 19.4. The van der Waals surface area contributed by atoms with Crippen LogP contribution in [0.15, 0.2) is 24.4 Å². The van der Waals surface area contributed by atoms with Gasteiger partial charge in [-0.1, -0.05) is 0 Å². The molecule has 186 valence electrons. The predicted octanol–water partition coefficient (Wildman–Crippen LogP) is 4.41. The van der Waals surface area contributed by atoms with Gasteiger partial charge in [0.2, 0.25) is 5.91 Å². The molecule has 0 radical (unpaired) electrons. The number of rotatable bonds is 8. The van der Waals surface area contributed by atoms with Gasteiger partial charge >= 0.3 is 6.18 Å². The van der Waals surface area contributed by atoms with Crippen molar-refractivity contribution in [2.45, 2.75) is 38.3 Å². The number of aromatic nitrogens is 1. The zero-order valence-corrected chi connectivity index (χ0v) is 19.1. The van der Waals surface area contributed by atoms with Crippen LogP contribution in [-0.4, -0.2) is 59.9 Å². The molecule has 0 unspecified atom stereocenters. The van der Waals surface area contributed by atoms with E-state index < -0.39 is 12.7 Å². The molecule has 0 bridgehead atoms. The second-order valence-corrected chi connectivity index (χ2v) is 10.4. The quantitative estimate of drug-likeness (QED) is 0.524. The molecule has 3 atom stereocenters. The predicted molar refractivity (Wildman–Crippen MR) is 123 cm³/mol. The third-order valence-corrected chi connectivity index (χ3v) is 7.90. The van der Waals surface area contributed by atoms with Crippen LogP contribution in [0.4, 0.5) is 18.9 Å². The normalized spacial score (nSPS) is 29.2. The maximum absolute atomic E-state index is 12.6. The number of fused-ring (bicyclic) bond motifs is 2. The molecule has 1 amide bonds. The average Bonchev–Trinajstić information content (AvgIpc) is 3.39. The van der Waals surface area contributed by atoms with Crippen molar-refractivity contribution in [2.24, 2.45) is 29.6 Å². The van der Waals surface area contributed by atoms with E-state index >= 15 is 0 Å². The molecule has 0 spiro atoms. The van der Waals surface area contributed by atoms with Gasteiger partial charge < -0.3 is 20.1 Å². The Morgan fingerprint density at radius 1 is 1.15 bits per heavy atom. The second kappa shape index (κ2) is 9.41. The number of aliphatic hydroxyl groups excluding tert-OH is 1. The largest absolute Gasteiger partial charge is 0.494 e. The number of alkyl halides is 3. The van der Waals surface area contributed by atoms with Crippen molar-refractivity contribution in [1.29, 1.82) is 0 Å². The first-order valence-corrected chi connectivity index (χ1v) is 12.2. The molecule has 2 saturated carbocycles. The summed E-state index contributed by atoms with van der Waals surface area (Å²) < 4.78 is 43.9. The number of nitrogens with zero attached hydrogens (tertiary/aromatic N) is 1. The molecule has 5 rings (SSSR count). The highest BCUT2D eigenvalue weighted by molar-refractivity contribution is 6.03. The molecule has 1 aromatic carbocycles. The summed E-state index contributed by atoms with van der Waals surface area (Å²) in [5.41, 5.74) is 1.64. The van der Waals surface area contributed by atoms with Gasteiger partial charge in [0.05, 0.1) is 18.8 Å². The van der Waals surface area contributed by atoms with Crippen molar-refractivity contribution >= 4 is 22.5 Å². The number of halogens is 3. The zero-order valence-electron chi connectivity index (χ0n) is 19.1. The van der Waals surface area contributed by atoms with E-state index in [1.54, 1.807) is 11.1 Å². The molecule has 3 fully saturated rings. The summed E-state index contributed by atoms with van der Waals surface area (Å²) in [4.78, 5) is 17.2. The SMILES string of the molecule is O=C(Nc1c[nH]c2ccc(OCC[C@@H]3C[C@@H]4CN(CC(F)(F)F)C[C@@H]4C3)cc12)C1CC(CO)C1. The van der Waals surface area contributed by atoms with Crippen LogP contribution in [0.5, 0.6) is 5.75 Å². The number of H-pyrrole nitrogens is 1. The maximum Gasteiger partial charge on any atom is 0.401 e. The lowest BCUT2D eigenvalue weighted by atomic mass is 9.75. The fourth-order valence-corrected chi connectivity index (χ4v) is 6.11. The number of nitrogens with one attached hydrogen (secondary N) is 2. The lowest BCUT2D eigenvalue weighted by Crippen LogP contribution is -2.35. The topological polar surface area (TPSA) is 77.6 Å². The van der Waals surface area contributed by atoms with Crippen LogP contribution in [-0.2, 0) is 4.79 Å². The Bertz CT molecular complexity index is 1000. The van der Waals surface area contributed by atoms with Gasteiger partial charge in [-0.2, -0.15) is 13.2 Å². The Balaban J connectivity index is 1.10. The Morgan fingerprint density at radius 2 is 1.88 bits per heavy atom. The Labute approximate surface area is 196 Å². The molecule has 6 nitrogen and oxygen atoms in total. The van der Waals surface area contributed by atoms with Crippen molar-refractivity contribution in [3.05, 3.63) is 24.4 Å².